The third kappa shape index (κ3) is 6.56. The topological polar surface area (TPSA) is 114 Å². The molecule has 0 amide bonds. The van der Waals surface area contributed by atoms with Crippen molar-refractivity contribution in [2.75, 3.05) is 27.4 Å². The van der Waals surface area contributed by atoms with Gasteiger partial charge in [0.1, 0.15) is 12.2 Å². The van der Waals surface area contributed by atoms with Crippen LogP contribution < -0.4 is 11.0 Å². The van der Waals surface area contributed by atoms with E-state index in [0.29, 0.717) is 25.0 Å². The van der Waals surface area contributed by atoms with Crippen LogP contribution in [-0.4, -0.2) is 87.6 Å². The first kappa shape index (κ1) is 28.2. The highest BCUT2D eigenvalue weighted by atomic mass is 35.5. The maximum atomic E-state index is 9.44. The molecule has 2 aliphatic heterocycles. The standard InChI is InChI=1S/C11H22BNO4.C10H19NO3.ClH/c1-11(2)16-9-7(6-15-4)5-8(10(9)17-11)13-12(3)14;1-10(2)13-8-6(5-12-3)4-7(11)9(8)14-10;/h7-10,13-14H,5-6H2,1-4H3;6-9H,4-5,11H2,1-3H3;1H/t7-,8-,9-,10+;6-,7-,8-,9+;/m11./s1. The summed E-state index contributed by atoms with van der Waals surface area (Å²) >= 11 is 0. The van der Waals surface area contributed by atoms with Gasteiger partial charge in [0.2, 0.25) is 0 Å². The Bertz CT molecular complexity index is 600. The molecule has 0 aromatic heterocycles. The van der Waals surface area contributed by atoms with E-state index in [1.807, 2.05) is 27.7 Å². The molecule has 4 rings (SSSR count). The number of ether oxygens (including phenoxy) is 6. The summed E-state index contributed by atoms with van der Waals surface area (Å²) in [6, 6.07) is 0.212. The number of nitrogens with one attached hydrogen (secondary N) is 1. The van der Waals surface area contributed by atoms with Crippen LogP contribution in [0, 0.1) is 11.8 Å². The number of nitrogens with two attached hydrogens (primary N) is 1. The summed E-state index contributed by atoms with van der Waals surface area (Å²) in [7, 11) is 2.87. The second kappa shape index (κ2) is 11.2. The Balaban J connectivity index is 0.000000224. The van der Waals surface area contributed by atoms with Crippen LogP contribution in [0.25, 0.3) is 0 Å². The molecular weight excluding hydrogens is 439 g/mol. The van der Waals surface area contributed by atoms with Crippen molar-refractivity contribution in [1.29, 1.82) is 0 Å². The molecule has 4 aliphatic rings. The van der Waals surface area contributed by atoms with Gasteiger partial charge in [-0.1, -0.05) is 0 Å². The largest absolute Gasteiger partial charge is 0.437 e. The molecule has 11 heteroatoms. The minimum absolute atomic E-state index is 0. The van der Waals surface area contributed by atoms with Gasteiger partial charge in [-0.2, -0.15) is 0 Å². The summed E-state index contributed by atoms with van der Waals surface area (Å²) in [6.45, 7) is 10.8. The molecule has 0 radical (unpaired) electrons. The van der Waals surface area contributed by atoms with Crippen molar-refractivity contribution in [3.05, 3.63) is 0 Å². The van der Waals surface area contributed by atoms with Gasteiger partial charge >= 0.3 is 7.05 Å². The minimum atomic E-state index is -0.541. The number of rotatable bonds is 6. The lowest BCUT2D eigenvalue weighted by Crippen LogP contribution is -2.46. The molecule has 2 saturated carbocycles. The van der Waals surface area contributed by atoms with Crippen molar-refractivity contribution in [1.82, 2.24) is 5.23 Å². The molecule has 0 aromatic rings. The smallest absolute Gasteiger partial charge is 0.373 e. The van der Waals surface area contributed by atoms with E-state index in [4.69, 9.17) is 34.2 Å². The molecular formula is C21H42BClN2O7. The highest BCUT2D eigenvalue weighted by Gasteiger charge is 2.54. The average Bonchev–Trinajstić information content (AvgIpc) is 3.31. The van der Waals surface area contributed by atoms with Gasteiger partial charge in [-0.25, -0.2) is 0 Å². The Kier molecular flexibility index (Phi) is 9.84. The van der Waals surface area contributed by atoms with Crippen molar-refractivity contribution in [2.24, 2.45) is 17.6 Å². The molecule has 2 aliphatic carbocycles. The quantitative estimate of drug-likeness (QED) is 0.482. The highest BCUT2D eigenvalue weighted by molar-refractivity contribution is 6.45. The van der Waals surface area contributed by atoms with Crippen molar-refractivity contribution in [3.8, 4) is 0 Å². The first-order valence-electron chi connectivity index (χ1n) is 11.3. The number of methoxy groups -OCH3 is 2. The zero-order chi connectivity index (χ0) is 23.0. The van der Waals surface area contributed by atoms with Crippen LogP contribution in [0.1, 0.15) is 40.5 Å². The third-order valence-electron chi connectivity index (χ3n) is 6.42. The van der Waals surface area contributed by atoms with E-state index in [1.54, 1.807) is 21.0 Å². The third-order valence-corrected chi connectivity index (χ3v) is 6.42. The Hall–Kier alpha value is -0.00506. The van der Waals surface area contributed by atoms with Crippen molar-refractivity contribution < 1.29 is 33.4 Å². The highest BCUT2D eigenvalue weighted by Crippen LogP contribution is 2.42. The average molecular weight is 481 g/mol. The lowest BCUT2D eigenvalue weighted by Gasteiger charge is -2.24. The van der Waals surface area contributed by atoms with Gasteiger partial charge in [0.25, 0.3) is 0 Å². The summed E-state index contributed by atoms with van der Waals surface area (Å²) in [6.07, 6.45) is 2.05. The van der Waals surface area contributed by atoms with Gasteiger partial charge in [-0.05, 0) is 47.4 Å². The molecule has 4 fully saturated rings. The Morgan fingerprint density at radius 1 is 0.875 bits per heavy atom. The molecule has 0 bridgehead atoms. The fraction of sp³-hybridized carbons (Fsp3) is 1.00. The maximum Gasteiger partial charge on any atom is 0.373 e. The summed E-state index contributed by atoms with van der Waals surface area (Å²) in [5.74, 6) is -0.329. The van der Waals surface area contributed by atoms with Crippen LogP contribution in [0.3, 0.4) is 0 Å². The Labute approximate surface area is 198 Å². The Morgan fingerprint density at radius 3 is 1.81 bits per heavy atom. The fourth-order valence-electron chi connectivity index (χ4n) is 5.44. The van der Waals surface area contributed by atoms with E-state index in [1.165, 1.54) is 0 Å². The molecule has 0 spiro atoms. The number of fused-ring (bicyclic) bond motifs is 2. The summed E-state index contributed by atoms with van der Waals surface area (Å²) < 4.78 is 33.8. The fourth-order valence-corrected chi connectivity index (χ4v) is 5.44. The zero-order valence-electron chi connectivity index (χ0n) is 20.4. The number of hydrogen-bond acceptors (Lipinski definition) is 9. The normalized spacial score (nSPS) is 40.8. The van der Waals surface area contributed by atoms with Gasteiger partial charge in [0.15, 0.2) is 11.6 Å². The van der Waals surface area contributed by atoms with Crippen LogP contribution in [0.2, 0.25) is 6.82 Å². The SMILES string of the molecule is COC[C@H]1C[C@@H](N)[C@@H]2OC(C)(C)O[C@H]12.COC[C@H]1C[C@@H](NB(C)O)[C@@H]2OC(C)(C)O[C@H]12.Cl. The number of halogens is 1. The molecule has 188 valence electrons. The van der Waals surface area contributed by atoms with Crippen molar-refractivity contribution >= 4 is 19.5 Å². The van der Waals surface area contributed by atoms with Crippen LogP contribution in [0.15, 0.2) is 0 Å². The zero-order valence-corrected chi connectivity index (χ0v) is 21.2. The van der Waals surface area contributed by atoms with Gasteiger partial charge in [-0.15, -0.1) is 12.4 Å². The first-order chi connectivity index (χ1) is 14.5. The Morgan fingerprint density at radius 2 is 1.31 bits per heavy atom. The number of hydrogen-bond donors (Lipinski definition) is 3. The molecule has 0 unspecified atom stereocenters. The van der Waals surface area contributed by atoms with Gasteiger partial charge in [0.05, 0.1) is 25.4 Å². The molecule has 9 nitrogen and oxygen atoms in total. The predicted molar refractivity (Wildman–Crippen MR) is 124 cm³/mol. The van der Waals surface area contributed by atoms with Crippen molar-refractivity contribution in [3.63, 3.8) is 0 Å². The van der Waals surface area contributed by atoms with Crippen molar-refractivity contribution in [2.45, 2.75) is 95.4 Å². The van der Waals surface area contributed by atoms with Gasteiger partial charge in [-0.3, -0.25) is 0 Å². The minimum Gasteiger partial charge on any atom is -0.437 e. The second-order valence-electron chi connectivity index (χ2n) is 10.1. The van der Waals surface area contributed by atoms with Crippen LogP contribution in [0.5, 0.6) is 0 Å². The van der Waals surface area contributed by atoms with Crippen LogP contribution in [0.4, 0.5) is 0 Å². The second-order valence-corrected chi connectivity index (χ2v) is 10.1. The predicted octanol–water partition coefficient (Wildman–Crippen LogP) is 1.16. The lowest BCUT2D eigenvalue weighted by molar-refractivity contribution is -0.160. The van der Waals surface area contributed by atoms with E-state index < -0.39 is 18.6 Å². The monoisotopic (exact) mass is 480 g/mol. The van der Waals surface area contributed by atoms with E-state index in [0.717, 1.165) is 12.8 Å². The molecule has 8 atom stereocenters. The van der Waals surface area contributed by atoms with E-state index >= 15 is 0 Å². The molecule has 0 aromatic carbocycles. The van der Waals surface area contributed by atoms with Crippen LogP contribution >= 0.6 is 12.4 Å². The molecule has 4 N–H and O–H groups in total. The molecule has 32 heavy (non-hydrogen) atoms. The van der Waals surface area contributed by atoms with E-state index in [9.17, 15) is 5.02 Å². The van der Waals surface area contributed by atoms with E-state index in [-0.39, 0.29) is 48.9 Å². The molecule has 2 heterocycles. The van der Waals surface area contributed by atoms with Crippen LogP contribution in [-0.2, 0) is 28.4 Å². The summed E-state index contributed by atoms with van der Waals surface area (Å²) in [5.41, 5.74) is 6.00. The lowest BCUT2D eigenvalue weighted by atomic mass is 9.86. The van der Waals surface area contributed by atoms with Gasteiger partial charge in [0, 0.05) is 38.1 Å². The summed E-state index contributed by atoms with van der Waals surface area (Å²) in [5, 5.41) is 12.6. The first-order valence-corrected chi connectivity index (χ1v) is 11.3. The van der Waals surface area contributed by atoms with Gasteiger partial charge < -0.3 is 44.4 Å². The summed E-state index contributed by atoms with van der Waals surface area (Å²) in [4.78, 5) is 0. The maximum absolute atomic E-state index is 9.44. The van der Waals surface area contributed by atoms with E-state index in [2.05, 4.69) is 5.23 Å². The molecule has 2 saturated heterocycles.